The van der Waals surface area contributed by atoms with Crippen LogP contribution in [0.1, 0.15) is 29.7 Å². The molecule has 1 unspecified atom stereocenters. The summed E-state index contributed by atoms with van der Waals surface area (Å²) in [5.41, 5.74) is 8.04. The molecule has 2 heterocycles. The summed E-state index contributed by atoms with van der Waals surface area (Å²) in [4.78, 5) is 16.5. The maximum atomic E-state index is 12.3. The molecule has 2 aromatic heterocycles. The van der Waals surface area contributed by atoms with Crippen LogP contribution in [-0.2, 0) is 0 Å². The fraction of sp³-hybridized carbons (Fsp3) is 0.118. The maximum absolute atomic E-state index is 12.3. The minimum atomic E-state index is -0.194. The number of amidine groups is 1. The zero-order chi connectivity index (χ0) is 17.1. The Balaban J connectivity index is 2.00. The summed E-state index contributed by atoms with van der Waals surface area (Å²) in [6.45, 7) is 2.04. The van der Waals surface area contributed by atoms with E-state index in [1.807, 2.05) is 37.3 Å². The topological polar surface area (TPSA) is 115 Å². The van der Waals surface area contributed by atoms with Gasteiger partial charge in [-0.25, -0.2) is 9.67 Å². The van der Waals surface area contributed by atoms with E-state index in [0.717, 1.165) is 11.3 Å². The lowest BCUT2D eigenvalue weighted by molar-refractivity contribution is 0.766. The molecule has 5 N–H and O–H groups in total. The van der Waals surface area contributed by atoms with E-state index in [2.05, 4.69) is 15.2 Å². The molecule has 0 aliphatic rings. The van der Waals surface area contributed by atoms with Gasteiger partial charge in [-0.3, -0.25) is 9.89 Å². The molecule has 1 atom stereocenters. The highest BCUT2D eigenvalue weighted by Gasteiger charge is 2.14. The van der Waals surface area contributed by atoms with Gasteiger partial charge in [0.25, 0.3) is 5.56 Å². The molecule has 0 radical (unpaired) electrons. The molecule has 0 saturated carbocycles. The number of nitrogens with one attached hydrogen (secondary N) is 1. The molecule has 7 nitrogen and oxygen atoms in total. The van der Waals surface area contributed by atoms with Crippen LogP contribution in [0.3, 0.4) is 0 Å². The summed E-state index contributed by atoms with van der Waals surface area (Å²) in [5, 5.41) is 6.57. The number of hydrogen-bond acceptors (Lipinski definition) is 4. The standard InChI is InChI=1S/C17H18N6O/c1-11(12-5-3-2-4-6-12)14-10-16(24)23(22-14)15-9-13(7-8-20-15)17(18)21-19/h2-11,22H,19H2,1H3,(H2,18,21). The normalized spacial score (nSPS) is 13.0. The van der Waals surface area contributed by atoms with Crippen molar-refractivity contribution < 1.29 is 0 Å². The second kappa shape index (κ2) is 6.41. The Hall–Kier alpha value is -3.35. The third kappa shape index (κ3) is 2.91. The van der Waals surface area contributed by atoms with Gasteiger partial charge in [0.15, 0.2) is 5.82 Å². The molecule has 0 saturated heterocycles. The van der Waals surface area contributed by atoms with Crippen molar-refractivity contribution >= 4 is 5.84 Å². The molecule has 7 heteroatoms. The SMILES string of the molecule is CC(c1ccccc1)c1cc(=O)n(-c2cc(/C(N)=N/N)ccn2)[nH]1. The number of hydrazone groups is 1. The van der Waals surface area contributed by atoms with Crippen LogP contribution in [-0.4, -0.2) is 20.6 Å². The van der Waals surface area contributed by atoms with Crippen molar-refractivity contribution in [3.05, 3.63) is 81.9 Å². The van der Waals surface area contributed by atoms with Crippen LogP contribution >= 0.6 is 0 Å². The molecule has 24 heavy (non-hydrogen) atoms. The second-order valence-corrected chi connectivity index (χ2v) is 5.43. The predicted octanol–water partition coefficient (Wildman–Crippen LogP) is 1.29. The highest BCUT2D eigenvalue weighted by atomic mass is 16.1. The van der Waals surface area contributed by atoms with E-state index in [-0.39, 0.29) is 17.3 Å². The number of aromatic nitrogens is 3. The lowest BCUT2D eigenvalue weighted by Gasteiger charge is -2.10. The number of nitrogens with zero attached hydrogens (tertiary/aromatic N) is 3. The van der Waals surface area contributed by atoms with E-state index in [1.54, 1.807) is 24.4 Å². The van der Waals surface area contributed by atoms with Gasteiger partial charge < -0.3 is 11.6 Å². The first-order chi connectivity index (χ1) is 11.6. The number of hydrogen-bond donors (Lipinski definition) is 3. The van der Waals surface area contributed by atoms with Gasteiger partial charge in [0, 0.05) is 29.4 Å². The summed E-state index contributed by atoms with van der Waals surface area (Å²) in [6.07, 6.45) is 1.55. The van der Waals surface area contributed by atoms with Crippen molar-refractivity contribution in [1.29, 1.82) is 0 Å². The summed E-state index contributed by atoms with van der Waals surface area (Å²) >= 11 is 0. The van der Waals surface area contributed by atoms with Gasteiger partial charge >= 0.3 is 0 Å². The van der Waals surface area contributed by atoms with Gasteiger partial charge in [0.1, 0.15) is 5.84 Å². The van der Waals surface area contributed by atoms with Gasteiger partial charge in [0.05, 0.1) is 0 Å². The van der Waals surface area contributed by atoms with Crippen molar-refractivity contribution in [1.82, 2.24) is 14.8 Å². The monoisotopic (exact) mass is 322 g/mol. The summed E-state index contributed by atoms with van der Waals surface area (Å²) in [7, 11) is 0. The van der Waals surface area contributed by atoms with E-state index in [4.69, 9.17) is 11.6 Å². The molecule has 3 aromatic rings. The van der Waals surface area contributed by atoms with Crippen LogP contribution < -0.4 is 17.1 Å². The van der Waals surface area contributed by atoms with Gasteiger partial charge in [0.2, 0.25) is 0 Å². The van der Waals surface area contributed by atoms with Gasteiger partial charge in [-0.1, -0.05) is 37.3 Å². The van der Waals surface area contributed by atoms with Crippen molar-refractivity contribution in [2.24, 2.45) is 16.7 Å². The number of benzene rings is 1. The Morgan fingerprint density at radius 3 is 2.71 bits per heavy atom. The maximum Gasteiger partial charge on any atom is 0.272 e. The van der Waals surface area contributed by atoms with Crippen molar-refractivity contribution in [2.75, 3.05) is 0 Å². The summed E-state index contributed by atoms with van der Waals surface area (Å²) in [6, 6.07) is 14.9. The molecule has 0 fully saturated rings. The van der Waals surface area contributed by atoms with Crippen molar-refractivity contribution in [3.63, 3.8) is 0 Å². The van der Waals surface area contributed by atoms with Crippen LogP contribution in [0, 0.1) is 0 Å². The average molecular weight is 322 g/mol. The Bertz CT molecular complexity index is 926. The smallest absolute Gasteiger partial charge is 0.272 e. The highest BCUT2D eigenvalue weighted by molar-refractivity contribution is 5.97. The van der Waals surface area contributed by atoms with Gasteiger partial charge in [-0.15, -0.1) is 0 Å². The van der Waals surface area contributed by atoms with E-state index >= 15 is 0 Å². The molecule has 0 aliphatic heterocycles. The summed E-state index contributed by atoms with van der Waals surface area (Å²) < 4.78 is 1.38. The largest absolute Gasteiger partial charge is 0.382 e. The van der Waals surface area contributed by atoms with Gasteiger partial charge in [-0.05, 0) is 17.7 Å². The third-order valence-corrected chi connectivity index (χ3v) is 3.92. The second-order valence-electron chi connectivity index (χ2n) is 5.43. The van der Waals surface area contributed by atoms with Crippen LogP contribution in [0.2, 0.25) is 0 Å². The quantitative estimate of drug-likeness (QED) is 0.290. The summed E-state index contributed by atoms with van der Waals surface area (Å²) in [5.74, 6) is 5.86. The number of pyridine rings is 1. The molecule has 0 spiro atoms. The van der Waals surface area contributed by atoms with Crippen LogP contribution in [0.25, 0.3) is 5.82 Å². The zero-order valence-electron chi connectivity index (χ0n) is 13.2. The molecule has 3 rings (SSSR count). The molecule has 1 aromatic carbocycles. The van der Waals surface area contributed by atoms with Gasteiger partial charge in [-0.2, -0.15) is 5.10 Å². The molecular weight excluding hydrogens is 304 g/mol. The first-order valence-electron chi connectivity index (χ1n) is 7.47. The molecule has 0 bridgehead atoms. The van der Waals surface area contributed by atoms with E-state index in [9.17, 15) is 4.79 Å². The fourth-order valence-electron chi connectivity index (χ4n) is 2.50. The minimum Gasteiger partial charge on any atom is -0.382 e. The first kappa shape index (κ1) is 15.5. The Labute approximate surface area is 138 Å². The number of rotatable bonds is 4. The minimum absolute atomic E-state index is 0.0546. The average Bonchev–Trinajstić information content (AvgIpc) is 3.03. The molecule has 0 aliphatic carbocycles. The predicted molar refractivity (Wildman–Crippen MR) is 93.1 cm³/mol. The van der Waals surface area contributed by atoms with E-state index < -0.39 is 0 Å². The Morgan fingerprint density at radius 1 is 1.25 bits per heavy atom. The van der Waals surface area contributed by atoms with Crippen molar-refractivity contribution in [2.45, 2.75) is 12.8 Å². The third-order valence-electron chi connectivity index (χ3n) is 3.92. The van der Waals surface area contributed by atoms with Crippen LogP contribution in [0.15, 0.2) is 64.6 Å². The molecular formula is C17H18N6O. The first-order valence-corrected chi connectivity index (χ1v) is 7.47. The molecule has 0 amide bonds. The van der Waals surface area contributed by atoms with E-state index in [0.29, 0.717) is 11.4 Å². The number of nitrogens with two attached hydrogens (primary N) is 2. The zero-order valence-corrected chi connectivity index (χ0v) is 13.2. The lowest BCUT2D eigenvalue weighted by atomic mass is 9.98. The Kier molecular flexibility index (Phi) is 4.15. The number of H-pyrrole nitrogens is 1. The van der Waals surface area contributed by atoms with Crippen molar-refractivity contribution in [3.8, 4) is 5.82 Å². The molecule has 122 valence electrons. The Morgan fingerprint density at radius 2 is 2.00 bits per heavy atom. The number of aromatic amines is 1. The van der Waals surface area contributed by atoms with E-state index in [1.165, 1.54) is 4.68 Å². The lowest BCUT2D eigenvalue weighted by Crippen LogP contribution is -2.19. The van der Waals surface area contributed by atoms with Crippen LogP contribution in [0.4, 0.5) is 0 Å². The van der Waals surface area contributed by atoms with Crippen LogP contribution in [0.5, 0.6) is 0 Å². The highest BCUT2D eigenvalue weighted by Crippen LogP contribution is 2.21. The fourth-order valence-corrected chi connectivity index (χ4v) is 2.50.